The maximum absolute atomic E-state index is 15.3. The van der Waals surface area contributed by atoms with Gasteiger partial charge in [-0.3, -0.25) is 9.69 Å². The molecule has 0 spiro atoms. The zero-order valence-corrected chi connectivity index (χ0v) is 22.1. The van der Waals surface area contributed by atoms with Gasteiger partial charge in [0.15, 0.2) is 5.17 Å². The lowest BCUT2D eigenvalue weighted by molar-refractivity contribution is -0.142. The number of allylic oxidation sites excluding steroid dienone is 2. The van der Waals surface area contributed by atoms with Crippen molar-refractivity contribution >= 4 is 46.0 Å². The van der Waals surface area contributed by atoms with Crippen molar-refractivity contribution < 1.29 is 18.7 Å². The average Bonchev–Trinajstić information content (AvgIpc) is 3.50. The van der Waals surface area contributed by atoms with Crippen molar-refractivity contribution in [3.63, 3.8) is 0 Å². The summed E-state index contributed by atoms with van der Waals surface area (Å²) in [5.41, 5.74) is 1.21. The number of morpholine rings is 1. The molecule has 1 fully saturated rings. The molecule has 1 aromatic rings. The number of hydrogen-bond donors (Lipinski definition) is 0. The number of aliphatic imine (C=N–C) groups is 1. The number of ether oxygens (including phenoxy) is 2. The second-order valence-corrected chi connectivity index (χ2v) is 11.2. The van der Waals surface area contributed by atoms with Crippen LogP contribution < -0.4 is 0 Å². The standard InChI is InChI=1S/C26H25Cl2FN4O3S/c27-17-4-5-18(19(29)15-17)23-24-20(30-25-33(24)11-14-37-25)6-8-32(23)22(34)16-36-21-3-1-2-7-26(21,28)31-9-12-35-13-10-31/h1-7,11,14-15,21,23-24H,8-10,12-13,16H2/t21?,23-,24?,26?/m1/s1. The van der Waals surface area contributed by atoms with Crippen LogP contribution >= 0.6 is 35.0 Å². The number of rotatable bonds is 5. The zero-order chi connectivity index (χ0) is 25.6. The van der Waals surface area contributed by atoms with Crippen LogP contribution in [-0.2, 0) is 14.3 Å². The molecule has 37 heavy (non-hydrogen) atoms. The summed E-state index contributed by atoms with van der Waals surface area (Å²) >= 11 is 14.6. The SMILES string of the molecule is O=C(COC1C=CC=CC1(Cl)N1CCOCC1)N1CC=C2N=C3SC=CN3C2[C@H]1c1ccc(Cl)cc1F. The van der Waals surface area contributed by atoms with E-state index >= 15 is 4.39 Å². The number of alkyl halides is 1. The molecule has 1 aliphatic carbocycles. The van der Waals surface area contributed by atoms with E-state index in [2.05, 4.69) is 4.90 Å². The minimum Gasteiger partial charge on any atom is -0.379 e. The van der Waals surface area contributed by atoms with Gasteiger partial charge in [0, 0.05) is 36.4 Å². The van der Waals surface area contributed by atoms with Gasteiger partial charge in [-0.05, 0) is 29.7 Å². The summed E-state index contributed by atoms with van der Waals surface area (Å²) in [5.74, 6) is -0.725. The third-order valence-corrected chi connectivity index (χ3v) is 8.77. The lowest BCUT2D eigenvalue weighted by Crippen LogP contribution is -2.56. The predicted octanol–water partition coefficient (Wildman–Crippen LogP) is 4.28. The van der Waals surface area contributed by atoms with Gasteiger partial charge in [0.1, 0.15) is 29.6 Å². The lowest BCUT2D eigenvalue weighted by Gasteiger charge is -2.44. The van der Waals surface area contributed by atoms with Crippen molar-refractivity contribution in [2.45, 2.75) is 23.2 Å². The van der Waals surface area contributed by atoms with E-state index in [1.54, 1.807) is 17.0 Å². The van der Waals surface area contributed by atoms with E-state index in [1.807, 2.05) is 46.9 Å². The largest absolute Gasteiger partial charge is 0.379 e. The van der Waals surface area contributed by atoms with Crippen molar-refractivity contribution in [3.8, 4) is 0 Å². The Morgan fingerprint density at radius 1 is 1.27 bits per heavy atom. The first-order valence-corrected chi connectivity index (χ1v) is 13.7. The minimum atomic E-state index is -0.915. The summed E-state index contributed by atoms with van der Waals surface area (Å²) < 4.78 is 26.9. The fraction of sp³-hybridized carbons (Fsp3) is 0.385. The van der Waals surface area contributed by atoms with E-state index in [4.69, 9.17) is 37.7 Å². The van der Waals surface area contributed by atoms with Crippen LogP contribution in [0.4, 0.5) is 4.39 Å². The molecule has 1 aromatic carbocycles. The number of amidine groups is 1. The molecule has 1 saturated heterocycles. The van der Waals surface area contributed by atoms with Gasteiger partial charge >= 0.3 is 0 Å². The van der Waals surface area contributed by atoms with E-state index in [1.165, 1.54) is 17.8 Å². The van der Waals surface area contributed by atoms with Crippen LogP contribution in [0.15, 0.2) is 70.9 Å². The molecule has 4 heterocycles. The van der Waals surface area contributed by atoms with Gasteiger partial charge in [0.2, 0.25) is 5.91 Å². The van der Waals surface area contributed by atoms with E-state index in [0.29, 0.717) is 36.9 Å². The van der Waals surface area contributed by atoms with Gasteiger partial charge < -0.3 is 19.3 Å². The number of nitrogens with zero attached hydrogens (tertiary/aromatic N) is 4. The highest BCUT2D eigenvalue weighted by Crippen LogP contribution is 2.44. The molecule has 0 N–H and O–H groups in total. The van der Waals surface area contributed by atoms with E-state index in [0.717, 1.165) is 10.9 Å². The van der Waals surface area contributed by atoms with E-state index < -0.39 is 23.0 Å². The monoisotopic (exact) mass is 562 g/mol. The van der Waals surface area contributed by atoms with Crippen molar-refractivity contribution in [1.29, 1.82) is 0 Å². The number of amides is 1. The summed E-state index contributed by atoms with van der Waals surface area (Å²) in [5, 5.41) is 3.05. The van der Waals surface area contributed by atoms with Crippen molar-refractivity contribution in [1.82, 2.24) is 14.7 Å². The van der Waals surface area contributed by atoms with Gasteiger partial charge in [0.25, 0.3) is 0 Å². The van der Waals surface area contributed by atoms with Gasteiger partial charge in [-0.15, -0.1) is 0 Å². The number of carbonyl (C=O) groups excluding carboxylic acids is 1. The van der Waals surface area contributed by atoms with Crippen LogP contribution in [0, 0.1) is 5.82 Å². The molecular formula is C26H25Cl2FN4O3S. The summed E-state index contributed by atoms with van der Waals surface area (Å²) in [6.07, 6.45) is 10.8. The van der Waals surface area contributed by atoms with Gasteiger partial charge in [-0.2, -0.15) is 0 Å². The first-order chi connectivity index (χ1) is 18.0. The Kier molecular flexibility index (Phi) is 6.94. The molecule has 5 aliphatic rings. The fourth-order valence-corrected chi connectivity index (χ4v) is 6.69. The highest BCUT2D eigenvalue weighted by molar-refractivity contribution is 8.16. The van der Waals surface area contributed by atoms with Crippen molar-refractivity contribution in [2.75, 3.05) is 39.5 Å². The normalized spacial score (nSPS) is 30.8. The van der Waals surface area contributed by atoms with Crippen LogP contribution in [0.3, 0.4) is 0 Å². The molecule has 11 heteroatoms. The third kappa shape index (κ3) is 4.56. The Morgan fingerprint density at radius 2 is 2.11 bits per heavy atom. The second kappa shape index (κ2) is 10.2. The van der Waals surface area contributed by atoms with Gasteiger partial charge in [-0.25, -0.2) is 9.38 Å². The molecule has 1 amide bonds. The summed E-state index contributed by atoms with van der Waals surface area (Å²) in [6, 6.07) is 3.62. The molecule has 0 saturated carbocycles. The number of thioether (sulfide) groups is 1. The molecular weight excluding hydrogens is 538 g/mol. The minimum absolute atomic E-state index is 0.207. The second-order valence-electron chi connectivity index (χ2n) is 9.24. The smallest absolute Gasteiger partial charge is 0.249 e. The Hall–Kier alpha value is -2.14. The summed E-state index contributed by atoms with van der Waals surface area (Å²) in [4.78, 5) is 23.2. The maximum Gasteiger partial charge on any atom is 0.249 e. The highest BCUT2D eigenvalue weighted by Gasteiger charge is 2.47. The Bertz CT molecular complexity index is 1250. The zero-order valence-electron chi connectivity index (χ0n) is 19.8. The van der Waals surface area contributed by atoms with Crippen LogP contribution in [-0.4, -0.2) is 82.4 Å². The van der Waals surface area contributed by atoms with E-state index in [-0.39, 0.29) is 25.1 Å². The van der Waals surface area contributed by atoms with Crippen LogP contribution in [0.25, 0.3) is 0 Å². The van der Waals surface area contributed by atoms with Gasteiger partial charge in [0.05, 0.1) is 25.0 Å². The molecule has 6 rings (SSSR count). The highest BCUT2D eigenvalue weighted by atomic mass is 35.5. The lowest BCUT2D eigenvalue weighted by atomic mass is 9.91. The topological polar surface area (TPSA) is 57.6 Å². The van der Waals surface area contributed by atoms with E-state index in [9.17, 15) is 4.79 Å². The quantitative estimate of drug-likeness (QED) is 0.394. The van der Waals surface area contributed by atoms with Crippen LogP contribution in [0.2, 0.25) is 5.02 Å². The fourth-order valence-electron chi connectivity index (χ4n) is 5.38. The first kappa shape index (κ1) is 25.2. The predicted molar refractivity (Wildman–Crippen MR) is 143 cm³/mol. The Morgan fingerprint density at radius 3 is 2.92 bits per heavy atom. The molecule has 3 unspecified atom stereocenters. The molecule has 0 bridgehead atoms. The maximum atomic E-state index is 15.3. The Labute approximate surface area is 228 Å². The number of benzene rings is 1. The molecule has 194 valence electrons. The first-order valence-electron chi connectivity index (χ1n) is 12.1. The van der Waals surface area contributed by atoms with Crippen molar-refractivity contribution in [2.24, 2.45) is 4.99 Å². The van der Waals surface area contributed by atoms with Crippen LogP contribution in [0.5, 0.6) is 0 Å². The number of hydrogen-bond acceptors (Lipinski definition) is 7. The Balaban J connectivity index is 1.25. The molecule has 0 aromatic heterocycles. The molecule has 0 radical (unpaired) electrons. The number of fused-ring (bicyclic) bond motifs is 3. The molecule has 7 nitrogen and oxygen atoms in total. The number of carbonyl (C=O) groups is 1. The van der Waals surface area contributed by atoms with Crippen molar-refractivity contribution in [3.05, 3.63) is 82.3 Å². The summed E-state index contributed by atoms with van der Waals surface area (Å²) in [7, 11) is 0. The third-order valence-electron chi connectivity index (χ3n) is 7.18. The number of halogens is 3. The molecule has 4 atom stereocenters. The summed E-state index contributed by atoms with van der Waals surface area (Å²) in [6.45, 7) is 2.58. The van der Waals surface area contributed by atoms with Crippen LogP contribution in [0.1, 0.15) is 11.6 Å². The molecule has 4 aliphatic heterocycles. The average molecular weight is 563 g/mol. The van der Waals surface area contributed by atoms with Gasteiger partial charge in [-0.1, -0.05) is 59.3 Å².